The lowest BCUT2D eigenvalue weighted by Crippen LogP contribution is -2.38. The summed E-state index contributed by atoms with van der Waals surface area (Å²) in [6, 6.07) is 7.91. The second-order valence-corrected chi connectivity index (χ2v) is 8.92. The Balaban J connectivity index is 2.13. The van der Waals surface area contributed by atoms with Crippen molar-refractivity contribution in [3.8, 4) is 0 Å². The Bertz CT molecular complexity index is 848. The van der Waals surface area contributed by atoms with Crippen molar-refractivity contribution in [1.82, 2.24) is 15.3 Å². The predicted molar refractivity (Wildman–Crippen MR) is 134 cm³/mol. The summed E-state index contributed by atoms with van der Waals surface area (Å²) in [6.07, 6.45) is 14.3. The minimum atomic E-state index is 0.478. The van der Waals surface area contributed by atoms with Gasteiger partial charge in [-0.1, -0.05) is 70.7 Å². The van der Waals surface area contributed by atoms with Gasteiger partial charge in [0.15, 0.2) is 0 Å². The fourth-order valence-corrected chi connectivity index (χ4v) is 4.88. The van der Waals surface area contributed by atoms with Crippen molar-refractivity contribution in [2.45, 2.75) is 84.7 Å². The van der Waals surface area contributed by atoms with Crippen molar-refractivity contribution >= 4 is 5.70 Å². The Labute approximate surface area is 190 Å². The van der Waals surface area contributed by atoms with Crippen LogP contribution < -0.4 is 5.43 Å². The van der Waals surface area contributed by atoms with Crippen molar-refractivity contribution in [3.63, 3.8) is 0 Å². The van der Waals surface area contributed by atoms with Gasteiger partial charge in [0.05, 0.1) is 5.70 Å². The lowest BCUT2D eigenvalue weighted by molar-refractivity contribution is 0.141. The van der Waals surface area contributed by atoms with Crippen LogP contribution in [-0.4, -0.2) is 22.5 Å². The molecular formula is C28H41N3. The Morgan fingerprint density at radius 1 is 1.26 bits per heavy atom. The zero-order valence-electron chi connectivity index (χ0n) is 20.1. The SMILES string of the molecule is C=C(CCC)NN(C(=C)CC)/C1=C\C=C/CCN(C(C)CC)C2CCc3cccc1c32. The summed E-state index contributed by atoms with van der Waals surface area (Å²) in [5.41, 5.74) is 11.2. The number of nitrogens with one attached hydrogen (secondary N) is 1. The molecule has 0 fully saturated rings. The number of hydrogen-bond acceptors (Lipinski definition) is 3. The fraction of sp³-hybridized carbons (Fsp3) is 0.500. The van der Waals surface area contributed by atoms with Crippen LogP contribution in [0.4, 0.5) is 0 Å². The Hall–Kier alpha value is -2.26. The third kappa shape index (κ3) is 5.15. The van der Waals surface area contributed by atoms with E-state index in [2.05, 4.69) is 92.6 Å². The van der Waals surface area contributed by atoms with Crippen LogP contribution in [0.25, 0.3) is 5.70 Å². The zero-order valence-corrected chi connectivity index (χ0v) is 20.1. The minimum absolute atomic E-state index is 0.478. The summed E-state index contributed by atoms with van der Waals surface area (Å²) >= 11 is 0. The van der Waals surface area contributed by atoms with E-state index in [9.17, 15) is 0 Å². The molecule has 3 nitrogen and oxygen atoms in total. The van der Waals surface area contributed by atoms with E-state index in [1.165, 1.54) is 35.2 Å². The average Bonchev–Trinajstić information content (AvgIpc) is 3.21. The third-order valence-corrected chi connectivity index (χ3v) is 6.78. The van der Waals surface area contributed by atoms with E-state index in [1.54, 1.807) is 0 Å². The summed E-state index contributed by atoms with van der Waals surface area (Å²) in [4.78, 5) is 2.74. The molecule has 0 radical (unpaired) electrons. The molecule has 0 aromatic heterocycles. The highest BCUT2D eigenvalue weighted by Crippen LogP contribution is 2.43. The predicted octanol–water partition coefficient (Wildman–Crippen LogP) is 7.12. The maximum atomic E-state index is 4.39. The zero-order chi connectivity index (χ0) is 22.4. The van der Waals surface area contributed by atoms with Crippen LogP contribution in [0.1, 0.15) is 89.0 Å². The van der Waals surface area contributed by atoms with Gasteiger partial charge in [0.2, 0.25) is 0 Å². The summed E-state index contributed by atoms with van der Waals surface area (Å²) in [5, 5.41) is 2.18. The molecule has 3 rings (SSSR count). The molecule has 0 saturated carbocycles. The largest absolute Gasteiger partial charge is 0.299 e. The van der Waals surface area contributed by atoms with Gasteiger partial charge in [0, 0.05) is 35.6 Å². The molecule has 1 N–H and O–H groups in total. The van der Waals surface area contributed by atoms with Gasteiger partial charge >= 0.3 is 0 Å². The van der Waals surface area contributed by atoms with E-state index in [0.717, 1.165) is 50.0 Å². The number of aryl methyl sites for hydroxylation is 1. The van der Waals surface area contributed by atoms with E-state index in [4.69, 9.17) is 0 Å². The van der Waals surface area contributed by atoms with Crippen molar-refractivity contribution in [1.29, 1.82) is 0 Å². The highest BCUT2D eigenvalue weighted by atomic mass is 15.5. The van der Waals surface area contributed by atoms with Gasteiger partial charge in [-0.3, -0.25) is 15.3 Å². The summed E-state index contributed by atoms with van der Waals surface area (Å²) < 4.78 is 0. The molecular weight excluding hydrogens is 378 g/mol. The maximum absolute atomic E-state index is 4.39. The van der Waals surface area contributed by atoms with E-state index >= 15 is 0 Å². The van der Waals surface area contributed by atoms with Crippen molar-refractivity contribution in [2.75, 3.05) is 6.54 Å². The van der Waals surface area contributed by atoms with E-state index < -0.39 is 0 Å². The van der Waals surface area contributed by atoms with E-state index in [0.29, 0.717) is 12.1 Å². The van der Waals surface area contributed by atoms with Gasteiger partial charge in [-0.2, -0.15) is 0 Å². The molecule has 3 heteroatoms. The molecule has 2 atom stereocenters. The van der Waals surface area contributed by atoms with Crippen LogP contribution >= 0.6 is 0 Å². The molecule has 0 bridgehead atoms. The van der Waals surface area contributed by atoms with Crippen LogP contribution in [-0.2, 0) is 6.42 Å². The van der Waals surface area contributed by atoms with Crippen LogP contribution in [0.2, 0.25) is 0 Å². The van der Waals surface area contributed by atoms with Crippen molar-refractivity contribution in [3.05, 3.63) is 77.7 Å². The molecule has 1 aliphatic carbocycles. The maximum Gasteiger partial charge on any atom is 0.0701 e. The first kappa shape index (κ1) is 23.4. The van der Waals surface area contributed by atoms with Gasteiger partial charge in [0.25, 0.3) is 0 Å². The molecule has 1 heterocycles. The molecule has 0 saturated heterocycles. The van der Waals surface area contributed by atoms with Crippen LogP contribution in [0, 0.1) is 0 Å². The Morgan fingerprint density at radius 2 is 2.06 bits per heavy atom. The first-order valence-electron chi connectivity index (χ1n) is 12.2. The highest BCUT2D eigenvalue weighted by molar-refractivity contribution is 5.71. The molecule has 2 unspecified atom stereocenters. The van der Waals surface area contributed by atoms with Crippen LogP contribution in [0.5, 0.6) is 0 Å². The molecule has 31 heavy (non-hydrogen) atoms. The number of hydrazine groups is 1. The average molecular weight is 420 g/mol. The number of nitrogens with zero attached hydrogens (tertiary/aromatic N) is 2. The molecule has 0 spiro atoms. The molecule has 2 aliphatic rings. The standard InChI is InChI=1S/C28H41N3/c1-7-14-21(4)29-31(23(6)9-3)26-17-11-10-12-20-30(22(5)8-2)27-19-18-24-15-13-16-25(26)28(24)27/h10-11,13,15-17,22,27,29H,4,6-9,12,14,18-20H2,1-3,5H3/b11-10-,26-17-. The van der Waals surface area contributed by atoms with Crippen LogP contribution in [0.3, 0.4) is 0 Å². The van der Waals surface area contributed by atoms with Gasteiger partial charge in [-0.15, -0.1) is 0 Å². The topological polar surface area (TPSA) is 18.5 Å². The number of allylic oxidation sites excluding steroid dienone is 4. The van der Waals surface area contributed by atoms with Crippen LogP contribution in [0.15, 0.2) is 61.0 Å². The van der Waals surface area contributed by atoms with Crippen molar-refractivity contribution < 1.29 is 0 Å². The second kappa shape index (κ2) is 10.9. The number of rotatable bonds is 9. The molecule has 0 amide bonds. The Morgan fingerprint density at radius 3 is 2.77 bits per heavy atom. The van der Waals surface area contributed by atoms with Gasteiger partial charge in [-0.25, -0.2) is 0 Å². The molecule has 168 valence electrons. The summed E-state index contributed by atoms with van der Waals surface area (Å²) in [7, 11) is 0. The summed E-state index contributed by atoms with van der Waals surface area (Å²) in [6.45, 7) is 18.8. The van der Waals surface area contributed by atoms with Gasteiger partial charge < -0.3 is 0 Å². The van der Waals surface area contributed by atoms with E-state index in [-0.39, 0.29) is 0 Å². The smallest absolute Gasteiger partial charge is 0.0701 e. The van der Waals surface area contributed by atoms with Gasteiger partial charge in [-0.05, 0) is 62.7 Å². The lowest BCUT2D eigenvalue weighted by atomic mass is 9.94. The first-order chi connectivity index (χ1) is 15.0. The monoisotopic (exact) mass is 419 g/mol. The number of hydrogen-bond donors (Lipinski definition) is 1. The molecule has 1 aromatic rings. The molecule has 1 aliphatic heterocycles. The highest BCUT2D eigenvalue weighted by Gasteiger charge is 2.33. The second-order valence-electron chi connectivity index (χ2n) is 8.92. The third-order valence-electron chi connectivity index (χ3n) is 6.78. The van der Waals surface area contributed by atoms with Gasteiger partial charge in [0.1, 0.15) is 0 Å². The molecule has 1 aromatic carbocycles. The lowest BCUT2D eigenvalue weighted by Gasteiger charge is -2.37. The minimum Gasteiger partial charge on any atom is -0.299 e. The quantitative estimate of drug-likeness (QED) is 0.430. The first-order valence-corrected chi connectivity index (χ1v) is 12.2. The van der Waals surface area contributed by atoms with Crippen molar-refractivity contribution in [2.24, 2.45) is 0 Å². The Kier molecular flexibility index (Phi) is 8.20. The summed E-state index contributed by atoms with van der Waals surface area (Å²) in [5.74, 6) is 0. The number of benzene rings is 1. The normalized spacial score (nSPS) is 22.1. The fourth-order valence-electron chi connectivity index (χ4n) is 4.88. The van der Waals surface area contributed by atoms with E-state index in [1.807, 2.05) is 0 Å².